The van der Waals surface area contributed by atoms with E-state index < -0.39 is 95.8 Å². The third-order valence-electron chi connectivity index (χ3n) is 4.86. The smallest absolute Gasteiger partial charge is 0.269 e. The largest absolute Gasteiger partial charge is 0.349 e. The first-order chi connectivity index (χ1) is 16.8. The maximum absolute atomic E-state index is 12.2. The lowest BCUT2D eigenvalue weighted by atomic mass is 9.99. The van der Waals surface area contributed by atoms with Crippen LogP contribution in [0.25, 0.3) is 0 Å². The third-order valence-corrected chi connectivity index (χ3v) is 7.83. The maximum atomic E-state index is 12.2. The van der Waals surface area contributed by atoms with Crippen molar-refractivity contribution in [3.63, 3.8) is 0 Å². The number of nitrogens with one attached hydrogen (secondary N) is 3. The van der Waals surface area contributed by atoms with Crippen LogP contribution in [0.2, 0.25) is 0 Å². The fraction of sp³-hybridized carbons (Fsp3) is 0.526. The van der Waals surface area contributed by atoms with E-state index in [1.807, 2.05) is 0 Å². The second-order valence-electron chi connectivity index (χ2n) is 7.84. The number of hydrogen-bond donors (Lipinski definition) is 6. The summed E-state index contributed by atoms with van der Waals surface area (Å²) in [6.45, 7) is 9.63. The SMILES string of the molecule is C=CC(=O)NC(CCC(NC(=O)C=C)C(CCC(CS(=O)(=O)O)NC(=O)C=C)S(=O)(=O)O)CS(=O)(=O)O. The molecule has 3 amide bonds. The summed E-state index contributed by atoms with van der Waals surface area (Å²) in [5, 5.41) is 4.89. The van der Waals surface area contributed by atoms with Gasteiger partial charge in [-0.2, -0.15) is 25.3 Å². The molecule has 6 N–H and O–H groups in total. The highest BCUT2D eigenvalue weighted by atomic mass is 32.2. The molecule has 0 aliphatic heterocycles. The van der Waals surface area contributed by atoms with E-state index in [1.54, 1.807) is 0 Å². The zero-order valence-corrected chi connectivity index (χ0v) is 22.1. The van der Waals surface area contributed by atoms with Gasteiger partial charge in [-0.3, -0.25) is 28.0 Å². The van der Waals surface area contributed by atoms with Gasteiger partial charge in [0, 0.05) is 18.1 Å². The summed E-state index contributed by atoms with van der Waals surface area (Å²) in [6, 6.07) is -4.02. The van der Waals surface area contributed by atoms with Gasteiger partial charge in [0.25, 0.3) is 30.4 Å². The molecule has 0 radical (unpaired) electrons. The Bertz CT molecular complexity index is 1180. The van der Waals surface area contributed by atoms with Gasteiger partial charge < -0.3 is 16.0 Å². The number of rotatable bonds is 18. The monoisotopic (exact) mass is 589 g/mol. The Morgan fingerprint density at radius 3 is 1.30 bits per heavy atom. The van der Waals surface area contributed by atoms with E-state index >= 15 is 0 Å². The van der Waals surface area contributed by atoms with Crippen LogP contribution in [-0.2, 0) is 44.7 Å². The highest BCUT2D eigenvalue weighted by molar-refractivity contribution is 7.86. The summed E-state index contributed by atoms with van der Waals surface area (Å²) >= 11 is 0. The first-order valence-electron chi connectivity index (χ1n) is 10.5. The molecule has 212 valence electrons. The van der Waals surface area contributed by atoms with Gasteiger partial charge >= 0.3 is 0 Å². The predicted octanol–water partition coefficient (Wildman–Crippen LogP) is -1.41. The van der Waals surface area contributed by atoms with E-state index in [0.29, 0.717) is 0 Å². The third kappa shape index (κ3) is 15.9. The lowest BCUT2D eigenvalue weighted by Crippen LogP contribution is -2.49. The van der Waals surface area contributed by atoms with Crippen molar-refractivity contribution in [3.05, 3.63) is 38.0 Å². The van der Waals surface area contributed by atoms with E-state index in [9.17, 15) is 44.2 Å². The number of carbonyl (C=O) groups excluding carboxylic acids is 3. The highest BCUT2D eigenvalue weighted by Gasteiger charge is 2.35. The quantitative estimate of drug-likeness (QED) is 0.0797. The van der Waals surface area contributed by atoms with Crippen LogP contribution in [0.15, 0.2) is 38.0 Å². The average Bonchev–Trinajstić information content (AvgIpc) is 2.73. The second kappa shape index (κ2) is 14.9. The summed E-state index contributed by atoms with van der Waals surface area (Å²) in [4.78, 5) is 35.2. The van der Waals surface area contributed by atoms with Gasteiger partial charge in [-0.05, 0) is 43.9 Å². The summed E-state index contributed by atoms with van der Waals surface area (Å²) < 4.78 is 97.8. The molecule has 4 atom stereocenters. The van der Waals surface area contributed by atoms with Crippen molar-refractivity contribution in [1.82, 2.24) is 16.0 Å². The molecule has 0 rings (SSSR count). The molecule has 0 aliphatic carbocycles. The van der Waals surface area contributed by atoms with Crippen molar-refractivity contribution in [1.29, 1.82) is 0 Å². The van der Waals surface area contributed by atoms with Gasteiger partial charge in [0.05, 0.1) is 11.5 Å². The van der Waals surface area contributed by atoms with Crippen LogP contribution >= 0.6 is 0 Å². The molecule has 15 nitrogen and oxygen atoms in total. The molecule has 0 spiro atoms. The minimum atomic E-state index is -4.97. The fourth-order valence-electron chi connectivity index (χ4n) is 3.32. The van der Waals surface area contributed by atoms with Crippen LogP contribution in [0.4, 0.5) is 0 Å². The minimum absolute atomic E-state index is 0.324. The van der Waals surface area contributed by atoms with Gasteiger partial charge in [-0.1, -0.05) is 19.7 Å². The summed E-state index contributed by atoms with van der Waals surface area (Å²) in [7, 11) is -14.2. The molecule has 0 saturated heterocycles. The molecule has 0 bridgehead atoms. The molecule has 0 aromatic rings. The predicted molar refractivity (Wildman–Crippen MR) is 133 cm³/mol. The molecule has 0 heterocycles. The Morgan fingerprint density at radius 2 is 0.973 bits per heavy atom. The zero-order valence-electron chi connectivity index (χ0n) is 19.6. The first kappa shape index (κ1) is 34.4. The Balaban J connectivity index is 6.06. The Morgan fingerprint density at radius 1 is 0.622 bits per heavy atom. The molecule has 4 unspecified atom stereocenters. The average molecular weight is 590 g/mol. The zero-order chi connectivity index (χ0) is 29.0. The number of amides is 3. The van der Waals surface area contributed by atoms with Crippen molar-refractivity contribution in [2.75, 3.05) is 11.5 Å². The molecule has 0 fully saturated rings. The fourth-order valence-corrected chi connectivity index (χ4v) is 5.89. The molecular weight excluding hydrogens is 558 g/mol. The molecular formula is C19H31N3O12S3. The van der Waals surface area contributed by atoms with Crippen LogP contribution in [-0.4, -0.2) is 91.5 Å². The Labute approximate surface area is 215 Å². The van der Waals surface area contributed by atoms with Crippen LogP contribution < -0.4 is 16.0 Å². The van der Waals surface area contributed by atoms with Crippen molar-refractivity contribution in [2.24, 2.45) is 0 Å². The van der Waals surface area contributed by atoms with Crippen molar-refractivity contribution in [3.8, 4) is 0 Å². The molecule has 18 heteroatoms. The van der Waals surface area contributed by atoms with Crippen molar-refractivity contribution >= 4 is 48.1 Å². The maximum Gasteiger partial charge on any atom is 0.269 e. The van der Waals surface area contributed by atoms with Crippen LogP contribution in [0.5, 0.6) is 0 Å². The van der Waals surface area contributed by atoms with Gasteiger partial charge in [0.1, 0.15) is 5.25 Å². The molecule has 0 aromatic heterocycles. The summed E-state index contributed by atoms with van der Waals surface area (Å²) in [5.41, 5.74) is 0. The highest BCUT2D eigenvalue weighted by Crippen LogP contribution is 2.19. The van der Waals surface area contributed by atoms with Gasteiger partial charge in [0.2, 0.25) is 17.7 Å². The van der Waals surface area contributed by atoms with Gasteiger partial charge in [-0.15, -0.1) is 0 Å². The standard InChI is InChI=1S/C19H31N3O12S3/c1-4-17(23)20-13(11-35(26,27)28)7-9-15(22-19(25)6-3)16(37(32,33)34)10-8-14(12-36(29,30)31)21-18(24)5-2/h4-6,13-16H,1-3,7-12H2,(H,20,23)(H,21,24)(H,22,25)(H,26,27,28)(H,29,30,31)(H,32,33,34). The van der Waals surface area contributed by atoms with E-state index in [2.05, 4.69) is 35.7 Å². The molecule has 0 saturated carbocycles. The van der Waals surface area contributed by atoms with E-state index in [-0.39, 0.29) is 12.8 Å². The molecule has 0 aromatic carbocycles. The normalized spacial score (nSPS) is 15.3. The molecule has 37 heavy (non-hydrogen) atoms. The van der Waals surface area contributed by atoms with Crippen LogP contribution in [0.3, 0.4) is 0 Å². The number of carbonyl (C=O) groups is 3. The topological polar surface area (TPSA) is 250 Å². The van der Waals surface area contributed by atoms with Crippen LogP contribution in [0, 0.1) is 0 Å². The van der Waals surface area contributed by atoms with Gasteiger partial charge in [-0.25, -0.2) is 0 Å². The van der Waals surface area contributed by atoms with Crippen molar-refractivity contribution < 1.29 is 53.3 Å². The van der Waals surface area contributed by atoms with Gasteiger partial charge in [0.15, 0.2) is 0 Å². The van der Waals surface area contributed by atoms with Crippen molar-refractivity contribution in [2.45, 2.75) is 49.1 Å². The summed E-state index contributed by atoms with van der Waals surface area (Å²) in [5.74, 6) is -4.49. The Hall–Kier alpha value is -2.64. The van der Waals surface area contributed by atoms with Crippen LogP contribution in [0.1, 0.15) is 25.7 Å². The molecule has 0 aliphatic rings. The van der Waals surface area contributed by atoms with E-state index in [4.69, 9.17) is 9.11 Å². The first-order valence-corrected chi connectivity index (χ1v) is 15.2. The Kier molecular flexibility index (Phi) is 13.9. The second-order valence-corrected chi connectivity index (χ2v) is 12.5. The van der Waals surface area contributed by atoms with E-state index in [1.165, 1.54) is 0 Å². The number of hydrogen-bond acceptors (Lipinski definition) is 9. The lowest BCUT2D eigenvalue weighted by Gasteiger charge is -2.28. The summed E-state index contributed by atoms with van der Waals surface area (Å²) in [6.07, 6.45) is 0.735. The lowest BCUT2D eigenvalue weighted by molar-refractivity contribution is -0.118. The van der Waals surface area contributed by atoms with E-state index in [0.717, 1.165) is 18.2 Å². The minimum Gasteiger partial charge on any atom is -0.349 e.